The summed E-state index contributed by atoms with van der Waals surface area (Å²) in [6.45, 7) is 8.96. The van der Waals surface area contributed by atoms with Crippen molar-refractivity contribution in [3.8, 4) is 5.75 Å². The van der Waals surface area contributed by atoms with E-state index in [2.05, 4.69) is 34.2 Å². The highest BCUT2D eigenvalue weighted by Gasteiger charge is 2.21. The molecule has 31 heavy (non-hydrogen) atoms. The number of nitrogens with one attached hydrogen (secondary N) is 1. The SMILES string of the molecule is COc1ccc(C)cc1CN1CCN(CC(=O)N[C@H](C)c2cc3ccccc3o2)CC1. The Morgan fingerprint density at radius 2 is 1.84 bits per heavy atom. The van der Waals surface area contributed by atoms with Gasteiger partial charge in [0.25, 0.3) is 0 Å². The normalized spacial score (nSPS) is 16.4. The van der Waals surface area contributed by atoms with Crippen LogP contribution in [0.1, 0.15) is 29.9 Å². The molecular formula is C25H31N3O3. The molecule has 6 nitrogen and oxygen atoms in total. The third-order valence-electron chi connectivity index (χ3n) is 5.91. The first-order valence-electron chi connectivity index (χ1n) is 10.9. The lowest BCUT2D eigenvalue weighted by Crippen LogP contribution is -2.49. The number of amides is 1. The van der Waals surface area contributed by atoms with Crippen molar-refractivity contribution in [2.45, 2.75) is 26.4 Å². The van der Waals surface area contributed by atoms with Crippen LogP contribution in [0.5, 0.6) is 5.75 Å². The number of nitrogens with zero attached hydrogens (tertiary/aromatic N) is 2. The van der Waals surface area contributed by atoms with E-state index in [1.807, 2.05) is 43.3 Å². The molecule has 0 spiro atoms. The Morgan fingerprint density at radius 3 is 2.58 bits per heavy atom. The van der Waals surface area contributed by atoms with Crippen molar-refractivity contribution in [3.05, 3.63) is 65.4 Å². The van der Waals surface area contributed by atoms with E-state index in [9.17, 15) is 4.79 Å². The lowest BCUT2D eigenvalue weighted by atomic mass is 10.1. The highest BCUT2D eigenvalue weighted by Crippen LogP contribution is 2.24. The van der Waals surface area contributed by atoms with Crippen LogP contribution in [0.2, 0.25) is 0 Å². The van der Waals surface area contributed by atoms with Crippen molar-refractivity contribution in [3.63, 3.8) is 0 Å². The van der Waals surface area contributed by atoms with E-state index in [-0.39, 0.29) is 11.9 Å². The largest absolute Gasteiger partial charge is 0.496 e. The monoisotopic (exact) mass is 421 g/mol. The zero-order chi connectivity index (χ0) is 21.8. The lowest BCUT2D eigenvalue weighted by Gasteiger charge is -2.34. The van der Waals surface area contributed by atoms with Gasteiger partial charge in [0.2, 0.25) is 5.91 Å². The Morgan fingerprint density at radius 1 is 1.10 bits per heavy atom. The fraction of sp³-hybridized carbons (Fsp3) is 0.400. The maximum absolute atomic E-state index is 12.6. The zero-order valence-corrected chi connectivity index (χ0v) is 18.6. The highest BCUT2D eigenvalue weighted by molar-refractivity contribution is 5.80. The molecule has 0 aliphatic carbocycles. The molecule has 2 heterocycles. The van der Waals surface area contributed by atoms with Crippen molar-refractivity contribution in [1.82, 2.24) is 15.1 Å². The van der Waals surface area contributed by atoms with Gasteiger partial charge in [-0.3, -0.25) is 14.6 Å². The van der Waals surface area contributed by atoms with Crippen LogP contribution < -0.4 is 10.1 Å². The summed E-state index contributed by atoms with van der Waals surface area (Å²) in [5.74, 6) is 1.75. The predicted octanol–water partition coefficient (Wildman–Crippen LogP) is 3.74. The van der Waals surface area contributed by atoms with Gasteiger partial charge in [-0.1, -0.05) is 35.9 Å². The van der Waals surface area contributed by atoms with Gasteiger partial charge < -0.3 is 14.5 Å². The van der Waals surface area contributed by atoms with Gasteiger partial charge in [-0.25, -0.2) is 0 Å². The number of aryl methyl sites for hydroxylation is 1. The van der Waals surface area contributed by atoms with Crippen molar-refractivity contribution < 1.29 is 13.9 Å². The number of fused-ring (bicyclic) bond motifs is 1. The molecular weight excluding hydrogens is 390 g/mol. The third-order valence-corrected chi connectivity index (χ3v) is 5.91. The van der Waals surface area contributed by atoms with Crippen molar-refractivity contribution in [2.24, 2.45) is 0 Å². The van der Waals surface area contributed by atoms with Crippen LogP contribution in [-0.4, -0.2) is 55.5 Å². The fourth-order valence-corrected chi connectivity index (χ4v) is 4.15. The summed E-state index contributed by atoms with van der Waals surface area (Å²) in [5, 5.41) is 4.13. The molecule has 1 fully saturated rings. The maximum atomic E-state index is 12.6. The molecule has 3 aromatic rings. The van der Waals surface area contributed by atoms with E-state index < -0.39 is 0 Å². The summed E-state index contributed by atoms with van der Waals surface area (Å²) in [5.41, 5.74) is 3.30. The third kappa shape index (κ3) is 5.27. The minimum Gasteiger partial charge on any atom is -0.496 e. The molecule has 0 saturated carbocycles. The van der Waals surface area contributed by atoms with Crippen LogP contribution in [0.3, 0.4) is 0 Å². The number of piperazine rings is 1. The first-order chi connectivity index (χ1) is 15.0. The number of carbonyl (C=O) groups is 1. The fourth-order valence-electron chi connectivity index (χ4n) is 4.15. The first-order valence-corrected chi connectivity index (χ1v) is 10.9. The van der Waals surface area contributed by atoms with Crippen LogP contribution in [0.4, 0.5) is 0 Å². The second kappa shape index (κ2) is 9.54. The van der Waals surface area contributed by atoms with Gasteiger partial charge in [0, 0.05) is 43.7 Å². The highest BCUT2D eigenvalue weighted by atomic mass is 16.5. The number of hydrogen-bond acceptors (Lipinski definition) is 5. The summed E-state index contributed by atoms with van der Waals surface area (Å²) in [6, 6.07) is 16.0. The number of ether oxygens (including phenoxy) is 1. The molecule has 1 atom stereocenters. The number of methoxy groups -OCH3 is 1. The first kappa shape index (κ1) is 21.4. The zero-order valence-electron chi connectivity index (χ0n) is 18.6. The molecule has 0 radical (unpaired) electrons. The van der Waals surface area contributed by atoms with E-state index in [0.29, 0.717) is 6.54 Å². The van der Waals surface area contributed by atoms with Crippen LogP contribution >= 0.6 is 0 Å². The van der Waals surface area contributed by atoms with Crippen LogP contribution in [0.25, 0.3) is 11.0 Å². The van der Waals surface area contributed by atoms with Crippen molar-refractivity contribution in [1.29, 1.82) is 0 Å². The summed E-state index contributed by atoms with van der Waals surface area (Å²) in [6.07, 6.45) is 0. The van der Waals surface area contributed by atoms with Gasteiger partial charge in [0.15, 0.2) is 0 Å². The summed E-state index contributed by atoms with van der Waals surface area (Å²) in [4.78, 5) is 17.2. The Kier molecular flexibility index (Phi) is 6.59. The minimum absolute atomic E-state index is 0.0294. The van der Waals surface area contributed by atoms with Crippen molar-refractivity contribution in [2.75, 3.05) is 39.8 Å². The maximum Gasteiger partial charge on any atom is 0.234 e. The van der Waals surface area contributed by atoms with Gasteiger partial charge in [-0.15, -0.1) is 0 Å². The van der Waals surface area contributed by atoms with Gasteiger partial charge in [-0.2, -0.15) is 0 Å². The van der Waals surface area contributed by atoms with E-state index in [0.717, 1.165) is 55.2 Å². The molecule has 1 aliphatic rings. The molecule has 164 valence electrons. The Hall–Kier alpha value is -2.83. The average Bonchev–Trinajstić information content (AvgIpc) is 3.20. The Labute approximate surface area is 183 Å². The Bertz CT molecular complexity index is 1000. The smallest absolute Gasteiger partial charge is 0.234 e. The molecule has 1 aromatic heterocycles. The quantitative estimate of drug-likeness (QED) is 0.630. The summed E-state index contributed by atoms with van der Waals surface area (Å²) >= 11 is 0. The van der Waals surface area contributed by atoms with Crippen LogP contribution in [-0.2, 0) is 11.3 Å². The molecule has 4 rings (SSSR count). The molecule has 1 saturated heterocycles. The molecule has 0 bridgehead atoms. The standard InChI is InChI=1S/C25H31N3O3/c1-18-8-9-22(30-3)21(14-18)16-27-10-12-28(13-11-27)17-25(29)26-19(2)24-15-20-6-4-5-7-23(20)31-24/h4-9,14-15,19H,10-13,16-17H2,1-3H3,(H,26,29)/t19-/m1/s1. The topological polar surface area (TPSA) is 58.0 Å². The van der Waals surface area contributed by atoms with E-state index in [1.165, 1.54) is 11.1 Å². The van der Waals surface area contributed by atoms with E-state index >= 15 is 0 Å². The van der Waals surface area contributed by atoms with Gasteiger partial charge in [0.05, 0.1) is 19.7 Å². The van der Waals surface area contributed by atoms with E-state index in [1.54, 1.807) is 7.11 Å². The van der Waals surface area contributed by atoms with E-state index in [4.69, 9.17) is 9.15 Å². The van der Waals surface area contributed by atoms with Gasteiger partial charge in [-0.05, 0) is 32.0 Å². The van der Waals surface area contributed by atoms with Crippen LogP contribution in [0.15, 0.2) is 52.9 Å². The second-order valence-corrected chi connectivity index (χ2v) is 8.34. The van der Waals surface area contributed by atoms with Crippen molar-refractivity contribution >= 4 is 16.9 Å². The number of benzene rings is 2. The molecule has 1 amide bonds. The minimum atomic E-state index is -0.157. The second-order valence-electron chi connectivity index (χ2n) is 8.34. The number of para-hydroxylation sites is 1. The lowest BCUT2D eigenvalue weighted by molar-refractivity contribution is -0.123. The number of rotatable bonds is 7. The van der Waals surface area contributed by atoms with Crippen LogP contribution in [0, 0.1) is 6.92 Å². The molecule has 1 aliphatic heterocycles. The number of carbonyl (C=O) groups excluding carboxylic acids is 1. The predicted molar refractivity (Wildman–Crippen MR) is 122 cm³/mol. The molecule has 1 N–H and O–H groups in total. The number of hydrogen-bond donors (Lipinski definition) is 1. The Balaban J connectivity index is 1.26. The average molecular weight is 422 g/mol. The molecule has 6 heteroatoms. The summed E-state index contributed by atoms with van der Waals surface area (Å²) in [7, 11) is 1.72. The molecule has 0 unspecified atom stereocenters. The van der Waals surface area contributed by atoms with Gasteiger partial charge in [0.1, 0.15) is 17.1 Å². The van der Waals surface area contributed by atoms with Gasteiger partial charge >= 0.3 is 0 Å². The molecule has 2 aromatic carbocycles. The summed E-state index contributed by atoms with van der Waals surface area (Å²) < 4.78 is 11.4. The number of furan rings is 1.